The minimum absolute atomic E-state index is 0.0160. The summed E-state index contributed by atoms with van der Waals surface area (Å²) in [5, 5.41) is 6.10. The summed E-state index contributed by atoms with van der Waals surface area (Å²) in [4.78, 5) is 4.98. The van der Waals surface area contributed by atoms with Crippen molar-refractivity contribution < 1.29 is 26.4 Å². The molecule has 12 heteroatoms. The number of sulfone groups is 1. The lowest BCUT2D eigenvalue weighted by Gasteiger charge is -2.16. The summed E-state index contributed by atoms with van der Waals surface area (Å²) in [6.45, 7) is 3.16. The van der Waals surface area contributed by atoms with Gasteiger partial charge in [0.1, 0.15) is 5.15 Å². The molecule has 0 radical (unpaired) electrons. The maximum Gasteiger partial charge on any atom is 0.435 e. The molecule has 1 atom stereocenters. The Morgan fingerprint density at radius 1 is 1.42 bits per heavy atom. The molecular weight excluding hydrogens is 394 g/mol. The minimum Gasteiger partial charge on any atom is -0.387 e. The molecule has 0 aromatic carbocycles. The van der Waals surface area contributed by atoms with Crippen molar-refractivity contribution in [3.8, 4) is 0 Å². The van der Waals surface area contributed by atoms with Gasteiger partial charge in [-0.3, -0.25) is 4.68 Å². The van der Waals surface area contributed by atoms with E-state index in [2.05, 4.69) is 10.3 Å². The van der Waals surface area contributed by atoms with Gasteiger partial charge in [0, 0.05) is 18.5 Å². The number of aryl methyl sites for hydroxylation is 1. The van der Waals surface area contributed by atoms with Crippen LogP contribution in [0.1, 0.15) is 31.5 Å². The number of halogens is 5. The summed E-state index contributed by atoms with van der Waals surface area (Å²) in [6, 6.07) is 0. The summed E-state index contributed by atoms with van der Waals surface area (Å²) in [6.07, 6.45) is -4.95. The Balaban J connectivity index is 2.39. The van der Waals surface area contributed by atoms with Gasteiger partial charge in [-0.05, 0) is 13.8 Å². The van der Waals surface area contributed by atoms with Crippen molar-refractivity contribution in [2.24, 2.45) is 5.16 Å². The maximum absolute atomic E-state index is 13.1. The van der Waals surface area contributed by atoms with Crippen LogP contribution < -0.4 is 0 Å². The summed E-state index contributed by atoms with van der Waals surface area (Å²) >= 11 is 11.6. The van der Waals surface area contributed by atoms with E-state index in [4.69, 9.17) is 28.0 Å². The molecule has 24 heavy (non-hydrogen) atoms. The van der Waals surface area contributed by atoms with Crippen LogP contribution in [0.4, 0.5) is 13.2 Å². The van der Waals surface area contributed by atoms with Crippen molar-refractivity contribution in [1.82, 2.24) is 9.78 Å². The van der Waals surface area contributed by atoms with Gasteiger partial charge in [-0.1, -0.05) is 16.8 Å². The van der Waals surface area contributed by atoms with E-state index < -0.39 is 38.6 Å². The van der Waals surface area contributed by atoms with Crippen LogP contribution in [-0.2, 0) is 33.1 Å². The van der Waals surface area contributed by atoms with Gasteiger partial charge in [-0.15, -0.1) is 11.6 Å². The van der Waals surface area contributed by atoms with Gasteiger partial charge in [0.2, 0.25) is 0 Å². The van der Waals surface area contributed by atoms with Gasteiger partial charge in [0.25, 0.3) is 0 Å². The third-order valence-corrected chi connectivity index (χ3v) is 6.01. The first-order valence-corrected chi connectivity index (χ1v) is 9.36. The average molecular weight is 408 g/mol. The van der Waals surface area contributed by atoms with E-state index in [0.717, 1.165) is 4.68 Å². The molecule has 0 fully saturated rings. The molecule has 1 aromatic heterocycles. The van der Waals surface area contributed by atoms with Crippen LogP contribution in [0.3, 0.4) is 0 Å². The third-order valence-electron chi connectivity index (χ3n) is 3.42. The summed E-state index contributed by atoms with van der Waals surface area (Å²) in [5.41, 5.74) is -2.93. The normalized spacial score (nSPS) is 21.7. The summed E-state index contributed by atoms with van der Waals surface area (Å²) in [7, 11) is -4.17. The fourth-order valence-electron chi connectivity index (χ4n) is 2.10. The van der Waals surface area contributed by atoms with E-state index >= 15 is 0 Å². The average Bonchev–Trinajstić information content (AvgIpc) is 3.02. The molecule has 2 rings (SSSR count). The second-order valence-corrected chi connectivity index (χ2v) is 8.14. The zero-order valence-corrected chi connectivity index (χ0v) is 15.0. The molecule has 1 aliphatic heterocycles. The van der Waals surface area contributed by atoms with Crippen molar-refractivity contribution in [3.63, 3.8) is 0 Å². The molecular formula is C12H14Cl2F3N3O3S. The number of rotatable bonds is 4. The van der Waals surface area contributed by atoms with Crippen molar-refractivity contribution in [2.45, 2.75) is 44.3 Å². The predicted octanol–water partition coefficient (Wildman–Crippen LogP) is 3.22. The van der Waals surface area contributed by atoms with Gasteiger partial charge in [0.15, 0.2) is 26.2 Å². The molecule has 2 heterocycles. The molecule has 1 aliphatic rings. The van der Waals surface area contributed by atoms with E-state index in [0.29, 0.717) is 0 Å². The minimum atomic E-state index is -4.83. The van der Waals surface area contributed by atoms with Gasteiger partial charge in [0.05, 0.1) is 11.6 Å². The lowest BCUT2D eigenvalue weighted by atomic mass is 10.1. The van der Waals surface area contributed by atoms with Crippen LogP contribution in [0.2, 0.25) is 5.15 Å². The molecule has 0 N–H and O–H groups in total. The SMILES string of the molecule is CCn1nc(C(F)(F)F)c(CS(=O)(=O)C2=NOC(C)(CCl)C2)c1Cl. The second kappa shape index (κ2) is 6.38. The van der Waals surface area contributed by atoms with Crippen molar-refractivity contribution in [2.75, 3.05) is 5.88 Å². The highest BCUT2D eigenvalue weighted by Crippen LogP contribution is 2.36. The Morgan fingerprint density at radius 3 is 2.50 bits per heavy atom. The third kappa shape index (κ3) is 3.65. The zero-order valence-electron chi connectivity index (χ0n) is 12.7. The Hall–Kier alpha value is -1.00. The molecule has 0 amide bonds. The number of hydrogen-bond acceptors (Lipinski definition) is 5. The molecule has 0 spiro atoms. The van der Waals surface area contributed by atoms with Crippen LogP contribution in [0.5, 0.6) is 0 Å². The number of aromatic nitrogens is 2. The van der Waals surface area contributed by atoms with Crippen LogP contribution in [0.25, 0.3) is 0 Å². The van der Waals surface area contributed by atoms with Crippen molar-refractivity contribution in [1.29, 1.82) is 0 Å². The van der Waals surface area contributed by atoms with E-state index in [9.17, 15) is 21.6 Å². The van der Waals surface area contributed by atoms with Gasteiger partial charge in [-0.2, -0.15) is 18.3 Å². The maximum atomic E-state index is 13.1. The van der Waals surface area contributed by atoms with Crippen molar-refractivity contribution in [3.05, 3.63) is 16.4 Å². The number of alkyl halides is 4. The molecule has 1 unspecified atom stereocenters. The van der Waals surface area contributed by atoms with E-state index in [1.54, 1.807) is 6.92 Å². The van der Waals surface area contributed by atoms with Crippen LogP contribution in [0.15, 0.2) is 5.16 Å². The molecule has 0 saturated heterocycles. The smallest absolute Gasteiger partial charge is 0.387 e. The highest BCUT2D eigenvalue weighted by atomic mass is 35.5. The molecule has 0 aliphatic carbocycles. The van der Waals surface area contributed by atoms with Crippen LogP contribution in [0, 0.1) is 0 Å². The first-order chi connectivity index (χ1) is 10.9. The monoisotopic (exact) mass is 407 g/mol. The Kier molecular flexibility index (Phi) is 5.14. The predicted molar refractivity (Wildman–Crippen MR) is 82.8 cm³/mol. The standard InChI is InChI=1S/C12H14Cl2F3N3O3S/c1-3-20-10(14)7(9(18-20)12(15,16)17)5-24(21,22)8-4-11(2,6-13)23-19-8/h3-6H2,1-2H3. The Bertz CT molecular complexity index is 776. The zero-order chi connectivity index (χ0) is 18.3. The topological polar surface area (TPSA) is 73.5 Å². The molecule has 6 nitrogen and oxygen atoms in total. The molecule has 0 saturated carbocycles. The fraction of sp³-hybridized carbons (Fsp3) is 0.667. The van der Waals surface area contributed by atoms with E-state index in [1.807, 2.05) is 0 Å². The largest absolute Gasteiger partial charge is 0.435 e. The number of oxime groups is 1. The van der Waals surface area contributed by atoms with Gasteiger partial charge >= 0.3 is 6.18 Å². The van der Waals surface area contributed by atoms with Gasteiger partial charge < -0.3 is 4.84 Å². The fourth-order valence-corrected chi connectivity index (χ4v) is 4.13. The lowest BCUT2D eigenvalue weighted by molar-refractivity contribution is -0.142. The Morgan fingerprint density at radius 2 is 2.04 bits per heavy atom. The first-order valence-electron chi connectivity index (χ1n) is 6.79. The molecule has 1 aromatic rings. The first kappa shape index (κ1) is 19.3. The molecule has 0 bridgehead atoms. The van der Waals surface area contributed by atoms with E-state index in [-0.39, 0.29) is 29.0 Å². The quantitative estimate of drug-likeness (QED) is 0.718. The Labute approximate surface area is 146 Å². The summed E-state index contributed by atoms with van der Waals surface area (Å²) in [5.74, 6) is -0.987. The number of nitrogens with zero attached hydrogens (tertiary/aromatic N) is 3. The highest BCUT2D eigenvalue weighted by molar-refractivity contribution is 8.05. The highest BCUT2D eigenvalue weighted by Gasteiger charge is 2.43. The summed E-state index contributed by atoms with van der Waals surface area (Å²) < 4.78 is 65.0. The van der Waals surface area contributed by atoms with E-state index in [1.165, 1.54) is 6.92 Å². The number of hydrogen-bond donors (Lipinski definition) is 0. The van der Waals surface area contributed by atoms with Crippen LogP contribution in [-0.4, -0.2) is 34.7 Å². The second-order valence-electron chi connectivity index (χ2n) is 5.53. The van der Waals surface area contributed by atoms with Crippen LogP contribution >= 0.6 is 23.2 Å². The van der Waals surface area contributed by atoms with Crippen molar-refractivity contribution >= 4 is 38.1 Å². The lowest BCUT2D eigenvalue weighted by Crippen LogP contribution is -2.29. The van der Waals surface area contributed by atoms with Gasteiger partial charge in [-0.25, -0.2) is 8.42 Å². The molecule has 136 valence electrons.